The van der Waals surface area contributed by atoms with Crippen LogP contribution in [0.25, 0.3) is 0 Å². The van der Waals surface area contributed by atoms with Gasteiger partial charge in [-0.25, -0.2) is 5.43 Å². The van der Waals surface area contributed by atoms with Gasteiger partial charge < -0.3 is 5.32 Å². The first-order chi connectivity index (χ1) is 12.0. The summed E-state index contributed by atoms with van der Waals surface area (Å²) in [6, 6.07) is 14.0. The second-order valence-electron chi connectivity index (χ2n) is 5.47. The van der Waals surface area contributed by atoms with Crippen LogP contribution in [0.4, 0.5) is 5.69 Å². The van der Waals surface area contributed by atoms with E-state index in [1.165, 1.54) is 5.56 Å². The van der Waals surface area contributed by atoms with Crippen molar-refractivity contribution in [2.75, 3.05) is 11.9 Å². The summed E-state index contributed by atoms with van der Waals surface area (Å²) in [5.74, 6) is -0.194. The van der Waals surface area contributed by atoms with E-state index in [2.05, 4.69) is 75.8 Å². The number of hydrazone groups is 1. The second kappa shape index (κ2) is 10.1. The number of halogens is 3. The van der Waals surface area contributed by atoms with Crippen molar-refractivity contribution in [1.82, 2.24) is 5.43 Å². The van der Waals surface area contributed by atoms with E-state index in [4.69, 9.17) is 0 Å². The van der Waals surface area contributed by atoms with E-state index in [1.54, 1.807) is 0 Å². The summed E-state index contributed by atoms with van der Waals surface area (Å²) in [7, 11) is 0. The van der Waals surface area contributed by atoms with Crippen LogP contribution in [0.5, 0.6) is 0 Å². The van der Waals surface area contributed by atoms with E-state index in [-0.39, 0.29) is 12.5 Å². The monoisotopic (exact) mass is 529 g/mol. The number of amides is 1. The van der Waals surface area contributed by atoms with Crippen LogP contribution >= 0.6 is 47.8 Å². The molecule has 2 aromatic carbocycles. The summed E-state index contributed by atoms with van der Waals surface area (Å²) in [5, 5.41) is 7.25. The largest absolute Gasteiger partial charge is 0.374 e. The molecule has 0 heterocycles. The molecule has 132 valence electrons. The molecule has 7 heteroatoms. The third-order valence-electron chi connectivity index (χ3n) is 3.42. The number of carbonyl (C=O) groups excluding carboxylic acids is 1. The summed E-state index contributed by atoms with van der Waals surface area (Å²) in [4.78, 5) is 12.0. The maximum atomic E-state index is 12.0. The third-order valence-corrected chi connectivity index (χ3v) is 5.13. The predicted octanol–water partition coefficient (Wildman–Crippen LogP) is 5.51. The van der Waals surface area contributed by atoms with Gasteiger partial charge >= 0.3 is 0 Å². The molecule has 0 radical (unpaired) electrons. The Labute approximate surface area is 172 Å². The highest BCUT2D eigenvalue weighted by atomic mass is 79.9. The number of benzene rings is 2. The molecule has 0 saturated carbocycles. The standard InChI is InChI=1S/C18H18Br3N3O/c1-12(7-8-13-5-3-2-4-6-13)23-24-17(25)11-22-18-15(20)9-14(19)10-16(18)21/h2-6,9-10,22H,7-8,11H2,1H3,(H,24,25). The molecule has 1 amide bonds. The fraction of sp³-hybridized carbons (Fsp3) is 0.222. The lowest BCUT2D eigenvalue weighted by atomic mass is 10.1. The van der Waals surface area contributed by atoms with E-state index in [0.717, 1.165) is 37.7 Å². The topological polar surface area (TPSA) is 53.5 Å². The number of rotatable bonds is 7. The van der Waals surface area contributed by atoms with Gasteiger partial charge in [0, 0.05) is 19.1 Å². The lowest BCUT2D eigenvalue weighted by molar-refractivity contribution is -0.119. The summed E-state index contributed by atoms with van der Waals surface area (Å²) >= 11 is 10.4. The summed E-state index contributed by atoms with van der Waals surface area (Å²) in [5.41, 5.74) is 5.56. The van der Waals surface area contributed by atoms with E-state index in [0.29, 0.717) is 0 Å². The molecule has 0 aliphatic rings. The minimum absolute atomic E-state index is 0.133. The first kappa shape index (κ1) is 20.1. The first-order valence-corrected chi connectivity index (χ1v) is 10.1. The van der Waals surface area contributed by atoms with Crippen LogP contribution in [-0.2, 0) is 11.2 Å². The van der Waals surface area contributed by atoms with Crippen LogP contribution in [0.1, 0.15) is 18.9 Å². The van der Waals surface area contributed by atoms with Crippen molar-refractivity contribution >= 4 is 65.1 Å². The number of hydrogen-bond donors (Lipinski definition) is 2. The maximum Gasteiger partial charge on any atom is 0.259 e. The molecule has 25 heavy (non-hydrogen) atoms. The Morgan fingerprint density at radius 1 is 1.08 bits per heavy atom. The highest BCUT2D eigenvalue weighted by Gasteiger charge is 2.08. The fourth-order valence-corrected chi connectivity index (χ4v) is 4.64. The quantitative estimate of drug-likeness (QED) is 0.365. The number of nitrogens with zero attached hydrogens (tertiary/aromatic N) is 1. The van der Waals surface area contributed by atoms with Crippen molar-refractivity contribution in [2.24, 2.45) is 5.10 Å². The third kappa shape index (κ3) is 6.92. The van der Waals surface area contributed by atoms with E-state index in [1.807, 2.05) is 37.3 Å². The Morgan fingerprint density at radius 3 is 2.36 bits per heavy atom. The molecule has 0 aliphatic heterocycles. The molecule has 0 unspecified atom stereocenters. The van der Waals surface area contributed by atoms with Gasteiger partial charge in [0.05, 0.1) is 12.2 Å². The second-order valence-corrected chi connectivity index (χ2v) is 8.09. The Balaban J connectivity index is 1.80. The van der Waals surface area contributed by atoms with Gasteiger partial charge in [0.2, 0.25) is 0 Å². The SMILES string of the molecule is CC(CCc1ccccc1)=NNC(=O)CNc1c(Br)cc(Br)cc1Br. The number of carbonyl (C=O) groups is 1. The van der Waals surface area contributed by atoms with Crippen molar-refractivity contribution in [3.8, 4) is 0 Å². The van der Waals surface area contributed by atoms with E-state index < -0.39 is 0 Å². The molecule has 0 aromatic heterocycles. The van der Waals surface area contributed by atoms with Crippen LogP contribution in [0.15, 0.2) is 61.0 Å². The Bertz CT molecular complexity index is 740. The number of hydrogen-bond acceptors (Lipinski definition) is 3. The molecule has 0 bridgehead atoms. The molecule has 0 atom stereocenters. The van der Waals surface area contributed by atoms with E-state index >= 15 is 0 Å². The highest BCUT2D eigenvalue weighted by Crippen LogP contribution is 2.34. The Hall–Kier alpha value is -1.18. The zero-order valence-electron chi connectivity index (χ0n) is 13.7. The Kier molecular flexibility index (Phi) is 8.12. The first-order valence-electron chi connectivity index (χ1n) is 7.70. The fourth-order valence-electron chi connectivity index (χ4n) is 2.10. The summed E-state index contributed by atoms with van der Waals surface area (Å²) in [6.07, 6.45) is 1.71. The van der Waals surface area contributed by atoms with Gasteiger partial charge in [0.1, 0.15) is 0 Å². The van der Waals surface area contributed by atoms with Crippen LogP contribution in [0, 0.1) is 0 Å². The van der Waals surface area contributed by atoms with Crippen molar-refractivity contribution < 1.29 is 4.79 Å². The predicted molar refractivity (Wildman–Crippen MR) is 114 cm³/mol. The van der Waals surface area contributed by atoms with Gasteiger partial charge in [-0.2, -0.15) is 5.10 Å². The van der Waals surface area contributed by atoms with Gasteiger partial charge in [0.15, 0.2) is 0 Å². The van der Waals surface area contributed by atoms with Crippen molar-refractivity contribution in [3.63, 3.8) is 0 Å². The van der Waals surface area contributed by atoms with Crippen molar-refractivity contribution in [2.45, 2.75) is 19.8 Å². The lowest BCUT2D eigenvalue weighted by Gasteiger charge is -2.11. The average molecular weight is 532 g/mol. The molecule has 0 aliphatic carbocycles. The van der Waals surface area contributed by atoms with Crippen molar-refractivity contribution in [3.05, 3.63) is 61.4 Å². The molecule has 2 rings (SSSR count). The molecule has 0 saturated heterocycles. The molecule has 0 spiro atoms. The molecular formula is C18H18Br3N3O. The van der Waals surface area contributed by atoms with Crippen LogP contribution in [0.2, 0.25) is 0 Å². The summed E-state index contributed by atoms with van der Waals surface area (Å²) < 4.78 is 2.67. The lowest BCUT2D eigenvalue weighted by Crippen LogP contribution is -2.27. The minimum Gasteiger partial charge on any atom is -0.374 e. The minimum atomic E-state index is -0.194. The van der Waals surface area contributed by atoms with Gasteiger partial charge in [-0.3, -0.25) is 4.79 Å². The zero-order chi connectivity index (χ0) is 18.2. The molecule has 2 N–H and O–H groups in total. The van der Waals surface area contributed by atoms with Gasteiger partial charge in [0.25, 0.3) is 5.91 Å². The molecular weight excluding hydrogens is 514 g/mol. The van der Waals surface area contributed by atoms with Crippen LogP contribution < -0.4 is 10.7 Å². The molecule has 2 aromatic rings. The van der Waals surface area contributed by atoms with Gasteiger partial charge in [-0.05, 0) is 69.3 Å². The summed E-state index contributed by atoms with van der Waals surface area (Å²) in [6.45, 7) is 2.05. The number of anilines is 1. The highest BCUT2D eigenvalue weighted by molar-refractivity contribution is 9.11. The Morgan fingerprint density at radius 2 is 1.72 bits per heavy atom. The molecule has 4 nitrogen and oxygen atoms in total. The van der Waals surface area contributed by atoms with Crippen LogP contribution in [0.3, 0.4) is 0 Å². The van der Waals surface area contributed by atoms with Crippen LogP contribution in [-0.4, -0.2) is 18.2 Å². The van der Waals surface area contributed by atoms with Gasteiger partial charge in [-0.15, -0.1) is 0 Å². The molecule has 0 fully saturated rings. The zero-order valence-corrected chi connectivity index (χ0v) is 18.4. The van der Waals surface area contributed by atoms with Gasteiger partial charge in [-0.1, -0.05) is 46.3 Å². The maximum absolute atomic E-state index is 12.0. The normalized spacial score (nSPS) is 11.3. The van der Waals surface area contributed by atoms with Crippen molar-refractivity contribution in [1.29, 1.82) is 0 Å². The number of aryl methyl sites for hydroxylation is 1. The number of nitrogens with one attached hydrogen (secondary N) is 2. The van der Waals surface area contributed by atoms with E-state index in [9.17, 15) is 4.79 Å². The smallest absolute Gasteiger partial charge is 0.259 e. The average Bonchev–Trinajstić information content (AvgIpc) is 2.58.